The van der Waals surface area contributed by atoms with Crippen molar-refractivity contribution in [2.45, 2.75) is 38.1 Å². The summed E-state index contributed by atoms with van der Waals surface area (Å²) in [6.07, 6.45) is 6.92. The molecule has 92 valence electrons. The molecule has 0 aliphatic heterocycles. The Bertz CT molecular complexity index is 387. The SMILES string of the molecule is CCN(C(=O)CC1(N)CCC1)c1ccncc1. The molecule has 17 heavy (non-hydrogen) atoms. The fraction of sp³-hybridized carbons (Fsp3) is 0.538. The van der Waals surface area contributed by atoms with Gasteiger partial charge < -0.3 is 10.6 Å². The van der Waals surface area contributed by atoms with Gasteiger partial charge in [-0.05, 0) is 38.3 Å². The predicted octanol–water partition coefficient (Wildman–Crippen LogP) is 1.71. The van der Waals surface area contributed by atoms with Crippen LogP contribution in [0.15, 0.2) is 24.5 Å². The standard InChI is InChI=1S/C13H19N3O/c1-2-16(11-4-8-15-9-5-11)12(17)10-13(14)6-3-7-13/h4-5,8-9H,2-3,6-7,10,14H2,1H3. The first-order valence-electron chi connectivity index (χ1n) is 6.14. The predicted molar refractivity (Wildman–Crippen MR) is 67.7 cm³/mol. The summed E-state index contributed by atoms with van der Waals surface area (Å²) in [7, 11) is 0. The monoisotopic (exact) mass is 233 g/mol. The third-order valence-corrected chi connectivity index (χ3v) is 3.44. The maximum atomic E-state index is 12.2. The van der Waals surface area contributed by atoms with Gasteiger partial charge in [0.15, 0.2) is 0 Å². The van der Waals surface area contributed by atoms with Crippen molar-refractivity contribution in [1.82, 2.24) is 4.98 Å². The number of amides is 1. The Balaban J connectivity index is 2.05. The molecule has 1 aromatic rings. The molecule has 4 nitrogen and oxygen atoms in total. The van der Waals surface area contributed by atoms with Crippen LogP contribution in [0.5, 0.6) is 0 Å². The van der Waals surface area contributed by atoms with Crippen LogP contribution in [0.4, 0.5) is 5.69 Å². The zero-order valence-electron chi connectivity index (χ0n) is 10.2. The van der Waals surface area contributed by atoms with Gasteiger partial charge in [0.2, 0.25) is 5.91 Å². The van der Waals surface area contributed by atoms with Crippen molar-refractivity contribution in [2.24, 2.45) is 5.73 Å². The minimum Gasteiger partial charge on any atom is -0.325 e. The van der Waals surface area contributed by atoms with Gasteiger partial charge in [0.05, 0.1) is 0 Å². The van der Waals surface area contributed by atoms with Crippen LogP contribution in [0.3, 0.4) is 0 Å². The van der Waals surface area contributed by atoms with Crippen LogP contribution in [0.2, 0.25) is 0 Å². The number of pyridine rings is 1. The number of carbonyl (C=O) groups excluding carboxylic acids is 1. The molecule has 2 rings (SSSR count). The van der Waals surface area contributed by atoms with Gasteiger partial charge in [0.25, 0.3) is 0 Å². The lowest BCUT2D eigenvalue weighted by atomic mass is 9.75. The van der Waals surface area contributed by atoms with Crippen molar-refractivity contribution >= 4 is 11.6 Å². The van der Waals surface area contributed by atoms with E-state index in [4.69, 9.17) is 5.73 Å². The van der Waals surface area contributed by atoms with Crippen LogP contribution in [-0.2, 0) is 4.79 Å². The number of hydrogen-bond acceptors (Lipinski definition) is 3. The highest BCUT2D eigenvalue weighted by molar-refractivity contribution is 5.94. The molecule has 1 heterocycles. The number of nitrogens with zero attached hydrogens (tertiary/aromatic N) is 2. The van der Waals surface area contributed by atoms with Crippen molar-refractivity contribution in [3.05, 3.63) is 24.5 Å². The van der Waals surface area contributed by atoms with Crippen molar-refractivity contribution in [1.29, 1.82) is 0 Å². The zero-order valence-corrected chi connectivity index (χ0v) is 10.2. The Morgan fingerprint density at radius 1 is 1.47 bits per heavy atom. The normalized spacial score (nSPS) is 17.3. The molecule has 0 atom stereocenters. The lowest BCUT2D eigenvalue weighted by Gasteiger charge is -2.38. The first-order chi connectivity index (χ1) is 8.14. The molecule has 0 spiro atoms. The summed E-state index contributed by atoms with van der Waals surface area (Å²) in [6, 6.07) is 3.71. The molecule has 1 aromatic heterocycles. The first kappa shape index (κ1) is 12.0. The van der Waals surface area contributed by atoms with Crippen LogP contribution < -0.4 is 10.6 Å². The number of rotatable bonds is 4. The maximum absolute atomic E-state index is 12.2. The van der Waals surface area contributed by atoms with Crippen molar-refractivity contribution in [3.63, 3.8) is 0 Å². The zero-order chi connectivity index (χ0) is 12.3. The number of nitrogens with two attached hydrogens (primary N) is 1. The molecule has 0 unspecified atom stereocenters. The molecule has 2 N–H and O–H groups in total. The van der Waals surface area contributed by atoms with Crippen LogP contribution in [0.25, 0.3) is 0 Å². The second-order valence-corrected chi connectivity index (χ2v) is 4.74. The average Bonchev–Trinajstić information content (AvgIpc) is 2.29. The number of aromatic nitrogens is 1. The topological polar surface area (TPSA) is 59.2 Å². The summed E-state index contributed by atoms with van der Waals surface area (Å²) >= 11 is 0. The number of anilines is 1. The molecule has 0 saturated heterocycles. The summed E-state index contributed by atoms with van der Waals surface area (Å²) < 4.78 is 0. The highest BCUT2D eigenvalue weighted by atomic mass is 16.2. The Labute approximate surface area is 102 Å². The number of carbonyl (C=O) groups is 1. The summed E-state index contributed by atoms with van der Waals surface area (Å²) in [6.45, 7) is 2.64. The molecule has 0 radical (unpaired) electrons. The summed E-state index contributed by atoms with van der Waals surface area (Å²) in [4.78, 5) is 17.9. The Hall–Kier alpha value is -1.42. The summed E-state index contributed by atoms with van der Waals surface area (Å²) in [5.74, 6) is 0.112. The molecular formula is C13H19N3O. The Kier molecular flexibility index (Phi) is 3.43. The molecule has 1 aliphatic carbocycles. The second kappa shape index (κ2) is 4.84. The van der Waals surface area contributed by atoms with Crippen LogP contribution in [0.1, 0.15) is 32.6 Å². The van der Waals surface area contributed by atoms with Gasteiger partial charge in [-0.1, -0.05) is 0 Å². The average molecular weight is 233 g/mol. The molecule has 0 aromatic carbocycles. The van der Waals surface area contributed by atoms with E-state index in [2.05, 4.69) is 4.98 Å². The van der Waals surface area contributed by atoms with Crippen LogP contribution >= 0.6 is 0 Å². The molecular weight excluding hydrogens is 214 g/mol. The van der Waals surface area contributed by atoms with E-state index in [0.717, 1.165) is 24.9 Å². The van der Waals surface area contributed by atoms with Crippen LogP contribution in [0, 0.1) is 0 Å². The molecule has 1 aliphatic rings. The van der Waals surface area contributed by atoms with Gasteiger partial charge in [-0.15, -0.1) is 0 Å². The van der Waals surface area contributed by atoms with Crippen molar-refractivity contribution in [2.75, 3.05) is 11.4 Å². The number of hydrogen-bond donors (Lipinski definition) is 1. The van der Waals surface area contributed by atoms with Gasteiger partial charge in [0, 0.05) is 36.6 Å². The fourth-order valence-corrected chi connectivity index (χ4v) is 2.23. The second-order valence-electron chi connectivity index (χ2n) is 4.74. The van der Waals surface area contributed by atoms with Gasteiger partial charge in [-0.2, -0.15) is 0 Å². The quantitative estimate of drug-likeness (QED) is 0.861. The van der Waals surface area contributed by atoms with Gasteiger partial charge in [-0.3, -0.25) is 9.78 Å². The van der Waals surface area contributed by atoms with E-state index in [1.54, 1.807) is 17.3 Å². The maximum Gasteiger partial charge on any atom is 0.228 e. The highest BCUT2D eigenvalue weighted by Crippen LogP contribution is 2.33. The Morgan fingerprint density at radius 2 is 2.12 bits per heavy atom. The highest BCUT2D eigenvalue weighted by Gasteiger charge is 2.35. The lowest BCUT2D eigenvalue weighted by molar-refractivity contribution is -0.120. The van der Waals surface area contributed by atoms with E-state index in [1.165, 1.54) is 0 Å². The van der Waals surface area contributed by atoms with E-state index in [0.29, 0.717) is 13.0 Å². The first-order valence-corrected chi connectivity index (χ1v) is 6.14. The van der Waals surface area contributed by atoms with Crippen LogP contribution in [-0.4, -0.2) is 23.0 Å². The summed E-state index contributed by atoms with van der Waals surface area (Å²) in [5, 5.41) is 0. The molecule has 4 heteroatoms. The minimum atomic E-state index is -0.252. The third-order valence-electron chi connectivity index (χ3n) is 3.44. The van der Waals surface area contributed by atoms with Gasteiger partial charge in [0.1, 0.15) is 0 Å². The van der Waals surface area contributed by atoms with Gasteiger partial charge >= 0.3 is 0 Å². The molecule has 1 saturated carbocycles. The Morgan fingerprint density at radius 3 is 2.59 bits per heavy atom. The fourth-order valence-electron chi connectivity index (χ4n) is 2.23. The molecule has 0 bridgehead atoms. The van der Waals surface area contributed by atoms with Gasteiger partial charge in [-0.25, -0.2) is 0 Å². The summed E-state index contributed by atoms with van der Waals surface area (Å²) in [5.41, 5.74) is 6.76. The van der Waals surface area contributed by atoms with E-state index in [-0.39, 0.29) is 11.4 Å². The lowest BCUT2D eigenvalue weighted by Crippen LogP contribution is -2.50. The van der Waals surface area contributed by atoms with E-state index in [1.807, 2.05) is 19.1 Å². The van der Waals surface area contributed by atoms with Crippen molar-refractivity contribution in [3.8, 4) is 0 Å². The van der Waals surface area contributed by atoms with E-state index < -0.39 is 0 Å². The smallest absolute Gasteiger partial charge is 0.228 e. The largest absolute Gasteiger partial charge is 0.325 e. The third kappa shape index (κ3) is 2.64. The van der Waals surface area contributed by atoms with E-state index >= 15 is 0 Å². The minimum absolute atomic E-state index is 0.112. The molecule has 1 amide bonds. The molecule has 1 fully saturated rings. The van der Waals surface area contributed by atoms with E-state index in [9.17, 15) is 4.79 Å². The van der Waals surface area contributed by atoms with Crippen molar-refractivity contribution < 1.29 is 4.79 Å².